The van der Waals surface area contributed by atoms with Gasteiger partial charge in [0, 0.05) is 30.2 Å². The molecule has 1 fully saturated rings. The van der Waals surface area contributed by atoms with Gasteiger partial charge in [0.25, 0.3) is 0 Å². The van der Waals surface area contributed by atoms with Gasteiger partial charge in [-0.3, -0.25) is 4.90 Å². The Morgan fingerprint density at radius 1 is 1.07 bits per heavy atom. The number of aromatic nitrogens is 3. The van der Waals surface area contributed by atoms with E-state index in [9.17, 15) is 0 Å². The Labute approximate surface area is 173 Å². The number of nitrogens with one attached hydrogen (secondary N) is 1. The number of nitrogens with zero attached hydrogens (tertiary/aromatic N) is 3. The Morgan fingerprint density at radius 2 is 2.00 bits per heavy atom. The van der Waals surface area contributed by atoms with E-state index in [1.54, 1.807) is 0 Å². The summed E-state index contributed by atoms with van der Waals surface area (Å²) in [6.45, 7) is 3.12. The van der Waals surface area contributed by atoms with Crippen molar-refractivity contribution in [3.63, 3.8) is 0 Å². The van der Waals surface area contributed by atoms with Crippen LogP contribution >= 0.6 is 0 Å². The summed E-state index contributed by atoms with van der Waals surface area (Å²) in [6, 6.07) is 14.4. The van der Waals surface area contributed by atoms with Gasteiger partial charge in [0.15, 0.2) is 11.5 Å². The molecule has 0 aliphatic carbocycles. The minimum Gasteiger partial charge on any atom is -0.454 e. The summed E-state index contributed by atoms with van der Waals surface area (Å²) < 4.78 is 16.9. The summed E-state index contributed by atoms with van der Waals surface area (Å²) >= 11 is 0. The lowest BCUT2D eigenvalue weighted by Crippen LogP contribution is -2.19. The molecule has 2 aromatic heterocycles. The van der Waals surface area contributed by atoms with E-state index in [2.05, 4.69) is 44.3 Å². The predicted molar refractivity (Wildman–Crippen MR) is 111 cm³/mol. The lowest BCUT2D eigenvalue weighted by atomic mass is 10.1. The molecule has 0 spiro atoms. The summed E-state index contributed by atoms with van der Waals surface area (Å²) in [5.74, 6) is 3.36. The summed E-state index contributed by atoms with van der Waals surface area (Å²) in [6.07, 6.45) is 3.70. The van der Waals surface area contributed by atoms with E-state index >= 15 is 0 Å². The number of para-hydroxylation sites is 1. The minimum absolute atomic E-state index is 0.281. The maximum absolute atomic E-state index is 6.05. The topological polar surface area (TPSA) is 76.4 Å². The van der Waals surface area contributed by atoms with Gasteiger partial charge in [-0.1, -0.05) is 24.3 Å². The van der Waals surface area contributed by atoms with E-state index < -0.39 is 0 Å². The molecule has 4 aromatic rings. The van der Waals surface area contributed by atoms with Crippen LogP contribution in [0.4, 0.5) is 0 Å². The van der Waals surface area contributed by atoms with Gasteiger partial charge in [-0.25, -0.2) is 0 Å². The molecule has 0 amide bonds. The molecule has 2 aliphatic rings. The Balaban J connectivity index is 1.11. The third-order valence-corrected chi connectivity index (χ3v) is 5.96. The molecule has 0 unspecified atom stereocenters. The monoisotopic (exact) mass is 402 g/mol. The molecule has 0 radical (unpaired) electrons. The number of rotatable bonds is 5. The first-order valence-electron chi connectivity index (χ1n) is 10.3. The molecule has 1 saturated heterocycles. The second-order valence-corrected chi connectivity index (χ2v) is 7.98. The Kier molecular flexibility index (Phi) is 4.19. The zero-order valence-corrected chi connectivity index (χ0v) is 16.5. The molecule has 0 saturated carbocycles. The predicted octanol–water partition coefficient (Wildman–Crippen LogP) is 3.86. The third-order valence-electron chi connectivity index (χ3n) is 5.96. The number of aromatic amines is 1. The summed E-state index contributed by atoms with van der Waals surface area (Å²) in [5.41, 5.74) is 3.53. The first-order valence-corrected chi connectivity index (χ1v) is 10.3. The van der Waals surface area contributed by atoms with Crippen LogP contribution in [-0.4, -0.2) is 40.0 Å². The van der Waals surface area contributed by atoms with E-state index in [1.165, 1.54) is 16.5 Å². The molecular formula is C23H22N4O3. The number of fused-ring (bicyclic) bond motifs is 2. The smallest absolute Gasteiger partial charge is 0.231 e. The maximum atomic E-state index is 6.05. The Bertz CT molecular complexity index is 1200. The fraction of sp³-hybridized carbons (Fsp3) is 0.304. The van der Waals surface area contributed by atoms with Gasteiger partial charge in [0.2, 0.25) is 18.6 Å². The van der Waals surface area contributed by atoms with Crippen LogP contribution in [0.5, 0.6) is 11.5 Å². The van der Waals surface area contributed by atoms with Crippen LogP contribution < -0.4 is 9.47 Å². The number of likely N-dealkylation sites (tertiary alicyclic amines) is 1. The number of ether oxygens (including phenoxy) is 2. The standard InChI is InChI=1S/C23H22N4O3/c1-2-4-19-18(3-1)17(11-24-19)10-22-25-26-23(30-22)16-7-8-27(13-16)12-15-5-6-20-21(9-15)29-14-28-20/h1-6,9,11,16,24H,7-8,10,12-14H2/t16-/m0/s1. The van der Waals surface area contributed by atoms with Gasteiger partial charge in [-0.2, -0.15) is 0 Å². The largest absolute Gasteiger partial charge is 0.454 e. The quantitative estimate of drug-likeness (QED) is 0.546. The van der Waals surface area contributed by atoms with E-state index in [0.29, 0.717) is 19.1 Å². The van der Waals surface area contributed by atoms with Crippen LogP contribution in [0, 0.1) is 0 Å². The molecule has 0 bridgehead atoms. The lowest BCUT2D eigenvalue weighted by Gasteiger charge is -2.15. The average molecular weight is 402 g/mol. The Hall–Kier alpha value is -3.32. The second kappa shape index (κ2) is 7.18. The van der Waals surface area contributed by atoms with E-state index in [1.807, 2.05) is 24.4 Å². The molecule has 7 heteroatoms. The Morgan fingerprint density at radius 3 is 3.00 bits per heavy atom. The molecule has 1 atom stereocenters. The molecule has 1 N–H and O–H groups in total. The van der Waals surface area contributed by atoms with Crippen molar-refractivity contribution in [3.05, 3.63) is 71.6 Å². The van der Waals surface area contributed by atoms with E-state index in [0.717, 1.165) is 49.0 Å². The van der Waals surface area contributed by atoms with Gasteiger partial charge in [-0.15, -0.1) is 10.2 Å². The third kappa shape index (κ3) is 3.21. The molecule has 152 valence electrons. The maximum Gasteiger partial charge on any atom is 0.231 e. The second-order valence-electron chi connectivity index (χ2n) is 7.98. The normalized spacial score (nSPS) is 18.5. The van der Waals surface area contributed by atoms with Crippen molar-refractivity contribution in [2.75, 3.05) is 19.9 Å². The molecule has 30 heavy (non-hydrogen) atoms. The van der Waals surface area contributed by atoms with Gasteiger partial charge in [0.1, 0.15) is 0 Å². The zero-order valence-electron chi connectivity index (χ0n) is 16.5. The van der Waals surface area contributed by atoms with Crippen LogP contribution in [0.3, 0.4) is 0 Å². The van der Waals surface area contributed by atoms with Crippen LogP contribution in [0.2, 0.25) is 0 Å². The van der Waals surface area contributed by atoms with Crippen LogP contribution in [0.25, 0.3) is 10.9 Å². The highest BCUT2D eigenvalue weighted by atomic mass is 16.7. The van der Waals surface area contributed by atoms with Crippen molar-refractivity contribution in [1.29, 1.82) is 0 Å². The number of hydrogen-bond donors (Lipinski definition) is 1. The highest BCUT2D eigenvalue weighted by Gasteiger charge is 2.28. The highest BCUT2D eigenvalue weighted by Crippen LogP contribution is 2.34. The zero-order chi connectivity index (χ0) is 19.9. The van der Waals surface area contributed by atoms with Crippen LogP contribution in [-0.2, 0) is 13.0 Å². The summed E-state index contributed by atoms with van der Waals surface area (Å²) in [4.78, 5) is 5.72. The van der Waals surface area contributed by atoms with E-state index in [-0.39, 0.29) is 5.92 Å². The molecule has 4 heterocycles. The van der Waals surface area contributed by atoms with Gasteiger partial charge in [-0.05, 0) is 42.3 Å². The molecular weight excluding hydrogens is 380 g/mol. The number of H-pyrrole nitrogens is 1. The fourth-order valence-corrected chi connectivity index (χ4v) is 4.42. The van der Waals surface area contributed by atoms with Crippen molar-refractivity contribution in [1.82, 2.24) is 20.1 Å². The lowest BCUT2D eigenvalue weighted by molar-refractivity contribution is 0.174. The molecule has 2 aliphatic heterocycles. The first kappa shape index (κ1) is 17.5. The SMILES string of the molecule is c1ccc2c(Cc3nnc([C@H]4CCN(Cc5ccc6c(c5)OCO6)C4)o3)c[nH]c2c1. The molecule has 2 aromatic carbocycles. The fourth-order valence-electron chi connectivity index (χ4n) is 4.42. The van der Waals surface area contributed by atoms with Crippen LogP contribution in [0.1, 0.15) is 35.2 Å². The minimum atomic E-state index is 0.281. The number of benzene rings is 2. The highest BCUT2D eigenvalue weighted by molar-refractivity contribution is 5.83. The van der Waals surface area contributed by atoms with Gasteiger partial charge in [0.05, 0.1) is 12.3 Å². The van der Waals surface area contributed by atoms with Crippen molar-refractivity contribution >= 4 is 10.9 Å². The van der Waals surface area contributed by atoms with Crippen molar-refractivity contribution in [2.24, 2.45) is 0 Å². The van der Waals surface area contributed by atoms with E-state index in [4.69, 9.17) is 13.9 Å². The van der Waals surface area contributed by atoms with Gasteiger partial charge >= 0.3 is 0 Å². The molecule has 6 rings (SSSR count). The summed E-state index contributed by atoms with van der Waals surface area (Å²) in [7, 11) is 0. The van der Waals surface area contributed by atoms with Crippen molar-refractivity contribution < 1.29 is 13.9 Å². The summed E-state index contributed by atoms with van der Waals surface area (Å²) in [5, 5.41) is 9.87. The average Bonchev–Trinajstić information content (AvgIpc) is 3.55. The molecule has 7 nitrogen and oxygen atoms in total. The first-order chi connectivity index (χ1) is 14.8. The van der Waals surface area contributed by atoms with Crippen LogP contribution in [0.15, 0.2) is 53.1 Å². The number of hydrogen-bond acceptors (Lipinski definition) is 6. The van der Waals surface area contributed by atoms with Crippen molar-refractivity contribution in [2.45, 2.75) is 25.3 Å². The van der Waals surface area contributed by atoms with Crippen molar-refractivity contribution in [3.8, 4) is 11.5 Å². The van der Waals surface area contributed by atoms with Gasteiger partial charge < -0.3 is 18.9 Å².